The first kappa shape index (κ1) is 19.8. The van der Waals surface area contributed by atoms with Gasteiger partial charge in [-0.25, -0.2) is 9.59 Å². The zero-order valence-corrected chi connectivity index (χ0v) is 16.2. The van der Waals surface area contributed by atoms with Gasteiger partial charge in [0.15, 0.2) is 6.10 Å². The Hall–Kier alpha value is -2.96. The van der Waals surface area contributed by atoms with Crippen LogP contribution in [-0.2, 0) is 22.4 Å². The van der Waals surface area contributed by atoms with Gasteiger partial charge in [-0.05, 0) is 51.2 Å². The van der Waals surface area contributed by atoms with Crippen molar-refractivity contribution < 1.29 is 19.1 Å². The highest BCUT2D eigenvalue weighted by Gasteiger charge is 2.26. The van der Waals surface area contributed by atoms with Gasteiger partial charge in [-0.15, -0.1) is 0 Å². The molecule has 0 saturated carbocycles. The molecule has 0 spiro atoms. The number of fused-ring (bicyclic) bond motifs is 2. The topological polar surface area (TPSA) is 97.4 Å². The summed E-state index contributed by atoms with van der Waals surface area (Å²) < 4.78 is 5.43. The first-order chi connectivity index (χ1) is 13.5. The van der Waals surface area contributed by atoms with Crippen molar-refractivity contribution in [2.24, 2.45) is 0 Å². The van der Waals surface area contributed by atoms with Gasteiger partial charge in [0.2, 0.25) is 0 Å². The molecule has 0 fully saturated rings. The number of nitrogens with one attached hydrogen (secondary N) is 2. The van der Waals surface area contributed by atoms with Gasteiger partial charge in [0, 0.05) is 17.6 Å². The Balaban J connectivity index is 1.89. The predicted octanol–water partition coefficient (Wildman–Crippen LogP) is 2.89. The van der Waals surface area contributed by atoms with Crippen LogP contribution in [-0.4, -0.2) is 35.5 Å². The number of benzene rings is 1. The number of nitrogens with zero attached hydrogens (tertiary/aromatic N) is 1. The highest BCUT2D eigenvalue weighted by atomic mass is 16.5. The van der Waals surface area contributed by atoms with E-state index in [1.54, 1.807) is 6.92 Å². The van der Waals surface area contributed by atoms with E-state index in [-0.39, 0.29) is 0 Å². The molecule has 1 aromatic heterocycles. The van der Waals surface area contributed by atoms with Gasteiger partial charge >= 0.3 is 12.0 Å². The van der Waals surface area contributed by atoms with Crippen molar-refractivity contribution in [2.75, 3.05) is 6.54 Å². The van der Waals surface area contributed by atoms with E-state index < -0.39 is 24.0 Å². The van der Waals surface area contributed by atoms with Gasteiger partial charge in [-0.2, -0.15) is 0 Å². The lowest BCUT2D eigenvalue weighted by Crippen LogP contribution is -2.44. The molecule has 2 aromatic rings. The Morgan fingerprint density at radius 2 is 1.89 bits per heavy atom. The minimum atomic E-state index is -1.09. The Morgan fingerprint density at radius 3 is 2.68 bits per heavy atom. The van der Waals surface area contributed by atoms with Gasteiger partial charge in [-0.3, -0.25) is 15.1 Å². The number of aryl methyl sites for hydroxylation is 1. The highest BCUT2D eigenvalue weighted by molar-refractivity contribution is 6.06. The van der Waals surface area contributed by atoms with E-state index in [1.165, 1.54) is 6.92 Å². The number of imide groups is 1. The number of amides is 3. The van der Waals surface area contributed by atoms with Crippen molar-refractivity contribution in [1.29, 1.82) is 0 Å². The normalized spacial score (nSPS) is 14.5. The fraction of sp³-hybridized carbons (Fsp3) is 0.429. The average Bonchev–Trinajstić information content (AvgIpc) is 2.91. The van der Waals surface area contributed by atoms with E-state index in [0.717, 1.165) is 54.3 Å². The number of para-hydroxylation sites is 1. The molecule has 1 aliphatic rings. The van der Waals surface area contributed by atoms with Crippen LogP contribution in [0.1, 0.15) is 54.7 Å². The Bertz CT molecular complexity index is 910. The third-order valence-electron chi connectivity index (χ3n) is 4.85. The Labute approximate surface area is 163 Å². The van der Waals surface area contributed by atoms with E-state index in [4.69, 9.17) is 9.72 Å². The molecule has 0 bridgehead atoms. The van der Waals surface area contributed by atoms with Crippen molar-refractivity contribution in [2.45, 2.75) is 52.1 Å². The van der Waals surface area contributed by atoms with E-state index >= 15 is 0 Å². The fourth-order valence-corrected chi connectivity index (χ4v) is 3.47. The number of hydrogen-bond donors (Lipinski definition) is 2. The molecule has 7 nitrogen and oxygen atoms in total. The molecule has 7 heteroatoms. The maximum atomic E-state index is 13.0. The van der Waals surface area contributed by atoms with Crippen LogP contribution in [0.4, 0.5) is 4.79 Å². The molecule has 1 unspecified atom stereocenters. The summed E-state index contributed by atoms with van der Waals surface area (Å²) in [5.74, 6) is -1.22. The van der Waals surface area contributed by atoms with Crippen molar-refractivity contribution in [3.63, 3.8) is 0 Å². The summed E-state index contributed by atoms with van der Waals surface area (Å²) in [5.41, 5.74) is 3.08. The number of aromatic nitrogens is 1. The quantitative estimate of drug-likeness (QED) is 0.625. The number of esters is 1. The molecule has 3 rings (SSSR count). The highest BCUT2D eigenvalue weighted by Crippen LogP contribution is 2.29. The van der Waals surface area contributed by atoms with E-state index in [0.29, 0.717) is 12.1 Å². The molecule has 1 atom stereocenters. The molecule has 0 radical (unpaired) electrons. The second kappa shape index (κ2) is 8.82. The number of ether oxygens (including phenoxy) is 1. The standard InChI is InChI=1S/C21H25N3O4/c1-3-22-21(27)24-19(25)13(2)28-20(26)18-14-9-5-4-6-11-16(14)23-17-12-8-7-10-15(17)18/h7-8,10,12-13H,3-6,9,11H2,1-2H3,(H2,22,24,25,27). The summed E-state index contributed by atoms with van der Waals surface area (Å²) in [6, 6.07) is 6.86. The van der Waals surface area contributed by atoms with Gasteiger partial charge in [0.1, 0.15) is 0 Å². The first-order valence-corrected chi connectivity index (χ1v) is 9.71. The lowest BCUT2D eigenvalue weighted by atomic mass is 9.97. The second-order valence-electron chi connectivity index (χ2n) is 6.89. The zero-order valence-electron chi connectivity index (χ0n) is 16.2. The summed E-state index contributed by atoms with van der Waals surface area (Å²) in [4.78, 5) is 41.5. The van der Waals surface area contributed by atoms with Crippen LogP contribution in [0.15, 0.2) is 24.3 Å². The number of urea groups is 1. The molecule has 148 valence electrons. The summed E-state index contributed by atoms with van der Waals surface area (Å²) in [7, 11) is 0. The molecular weight excluding hydrogens is 358 g/mol. The summed E-state index contributed by atoms with van der Waals surface area (Å²) >= 11 is 0. The monoisotopic (exact) mass is 383 g/mol. The molecular formula is C21H25N3O4. The van der Waals surface area contributed by atoms with Crippen LogP contribution < -0.4 is 10.6 Å². The zero-order chi connectivity index (χ0) is 20.1. The summed E-state index contributed by atoms with van der Waals surface area (Å²) in [6.45, 7) is 3.59. The van der Waals surface area contributed by atoms with Crippen LogP contribution in [0.5, 0.6) is 0 Å². The smallest absolute Gasteiger partial charge is 0.339 e. The van der Waals surface area contributed by atoms with E-state index in [1.807, 2.05) is 24.3 Å². The second-order valence-corrected chi connectivity index (χ2v) is 6.89. The van der Waals surface area contributed by atoms with Crippen molar-refractivity contribution in [1.82, 2.24) is 15.6 Å². The van der Waals surface area contributed by atoms with Gasteiger partial charge in [0.05, 0.1) is 11.1 Å². The Kier molecular flexibility index (Phi) is 6.23. The van der Waals surface area contributed by atoms with E-state index in [2.05, 4.69) is 10.6 Å². The maximum Gasteiger partial charge on any atom is 0.339 e. The summed E-state index contributed by atoms with van der Waals surface area (Å²) in [6.07, 6.45) is 3.61. The van der Waals surface area contributed by atoms with Gasteiger partial charge < -0.3 is 10.1 Å². The minimum Gasteiger partial charge on any atom is -0.449 e. The van der Waals surface area contributed by atoms with Crippen LogP contribution in [0, 0.1) is 0 Å². The van der Waals surface area contributed by atoms with Crippen molar-refractivity contribution in [3.8, 4) is 0 Å². The average molecular weight is 383 g/mol. The lowest BCUT2D eigenvalue weighted by molar-refractivity contribution is -0.127. The molecule has 28 heavy (non-hydrogen) atoms. The van der Waals surface area contributed by atoms with Gasteiger partial charge in [0.25, 0.3) is 5.91 Å². The first-order valence-electron chi connectivity index (χ1n) is 9.71. The third-order valence-corrected chi connectivity index (χ3v) is 4.85. The SMILES string of the molecule is CCNC(=O)NC(=O)C(C)OC(=O)c1c2c(nc3ccccc13)CCCCC2. The van der Waals surface area contributed by atoms with Crippen molar-refractivity contribution >= 4 is 28.8 Å². The molecule has 1 aliphatic carbocycles. The van der Waals surface area contributed by atoms with Crippen molar-refractivity contribution in [3.05, 3.63) is 41.1 Å². The molecule has 1 aromatic carbocycles. The van der Waals surface area contributed by atoms with E-state index in [9.17, 15) is 14.4 Å². The molecule has 1 heterocycles. The lowest BCUT2D eigenvalue weighted by Gasteiger charge is -2.17. The fourth-order valence-electron chi connectivity index (χ4n) is 3.47. The summed E-state index contributed by atoms with van der Waals surface area (Å²) in [5, 5.41) is 5.36. The molecule has 0 aliphatic heterocycles. The number of pyridine rings is 1. The predicted molar refractivity (Wildman–Crippen MR) is 105 cm³/mol. The minimum absolute atomic E-state index is 0.391. The number of rotatable bonds is 4. The maximum absolute atomic E-state index is 13.0. The van der Waals surface area contributed by atoms with Crippen LogP contribution in [0.2, 0.25) is 0 Å². The number of carbonyl (C=O) groups excluding carboxylic acids is 3. The van der Waals surface area contributed by atoms with Gasteiger partial charge in [-0.1, -0.05) is 24.6 Å². The van der Waals surface area contributed by atoms with Crippen LogP contribution >= 0.6 is 0 Å². The molecule has 3 amide bonds. The number of hydrogen-bond acceptors (Lipinski definition) is 5. The number of carbonyl (C=O) groups is 3. The largest absolute Gasteiger partial charge is 0.449 e. The van der Waals surface area contributed by atoms with Crippen LogP contribution in [0.3, 0.4) is 0 Å². The molecule has 0 saturated heterocycles. The molecule has 2 N–H and O–H groups in total. The Morgan fingerprint density at radius 1 is 1.14 bits per heavy atom. The van der Waals surface area contributed by atoms with Crippen LogP contribution in [0.25, 0.3) is 10.9 Å². The third kappa shape index (κ3) is 4.30.